The molecule has 0 saturated carbocycles. The van der Waals surface area contributed by atoms with Crippen LogP contribution in [0.1, 0.15) is 59.5 Å². The average molecular weight is 548 g/mol. The number of nitrogens with one attached hydrogen (secondary N) is 2. The number of carbonyl (C=O) groups is 3. The summed E-state index contributed by atoms with van der Waals surface area (Å²) in [4.78, 5) is 42.6. The molecule has 3 aromatic rings. The zero-order chi connectivity index (χ0) is 26.0. The van der Waals surface area contributed by atoms with Gasteiger partial charge in [-0.25, -0.2) is 9.69 Å². The molecule has 2 N–H and O–H groups in total. The first kappa shape index (κ1) is 28.0. The fourth-order valence-corrected chi connectivity index (χ4v) is 5.71. The van der Waals surface area contributed by atoms with Gasteiger partial charge >= 0.3 is 6.09 Å². The Kier molecular flexibility index (Phi) is 10.2. The molecule has 0 aliphatic rings. The Labute approximate surface area is 224 Å². The highest BCUT2D eigenvalue weighted by molar-refractivity contribution is 7.12. The van der Waals surface area contributed by atoms with Crippen molar-refractivity contribution in [3.8, 4) is 0 Å². The second-order valence-corrected chi connectivity index (χ2v) is 12.4. The second-order valence-electron chi connectivity index (χ2n) is 9.43. The summed E-state index contributed by atoms with van der Waals surface area (Å²) >= 11 is 4.59. The smallest absolute Gasteiger partial charge is 0.409 e. The number of unbranched alkanes of at least 4 members (excludes halogenated alkanes) is 1. The Hall–Kier alpha value is -2.53. The first-order chi connectivity index (χ1) is 17.2. The van der Waals surface area contributed by atoms with Crippen molar-refractivity contribution in [3.63, 3.8) is 0 Å². The van der Waals surface area contributed by atoms with Crippen molar-refractivity contribution in [1.82, 2.24) is 15.5 Å². The van der Waals surface area contributed by atoms with E-state index in [2.05, 4.69) is 10.6 Å². The highest BCUT2D eigenvalue weighted by Crippen LogP contribution is 2.29. The van der Waals surface area contributed by atoms with Crippen LogP contribution in [0.3, 0.4) is 0 Å². The highest BCUT2D eigenvalue weighted by atomic mass is 32.1. The number of ether oxygens (including phenoxy) is 1. The Morgan fingerprint density at radius 1 is 0.944 bits per heavy atom. The van der Waals surface area contributed by atoms with Gasteiger partial charge in [0.2, 0.25) is 5.72 Å². The van der Waals surface area contributed by atoms with E-state index in [1.807, 2.05) is 72.1 Å². The van der Waals surface area contributed by atoms with Crippen LogP contribution in [-0.2, 0) is 22.6 Å². The zero-order valence-electron chi connectivity index (χ0n) is 20.8. The molecule has 2 amide bonds. The van der Waals surface area contributed by atoms with E-state index in [0.717, 1.165) is 16.0 Å². The molecule has 0 bridgehead atoms. The van der Waals surface area contributed by atoms with Gasteiger partial charge in [-0.05, 0) is 68.0 Å². The molecule has 0 unspecified atom stereocenters. The molecule has 0 saturated heterocycles. The van der Waals surface area contributed by atoms with Gasteiger partial charge in [-0.2, -0.15) is 0 Å². The molecule has 0 spiro atoms. The monoisotopic (exact) mass is 547 g/mol. The van der Waals surface area contributed by atoms with Gasteiger partial charge in [0.25, 0.3) is 5.91 Å². The molecule has 0 aliphatic carbocycles. The largest absolute Gasteiger partial charge is 0.420 e. The summed E-state index contributed by atoms with van der Waals surface area (Å²) in [6.45, 7) is 6.99. The molecule has 36 heavy (non-hydrogen) atoms. The molecule has 0 fully saturated rings. The average Bonchev–Trinajstić information content (AvgIpc) is 3.60. The van der Waals surface area contributed by atoms with Crippen LogP contribution in [0.4, 0.5) is 4.79 Å². The summed E-state index contributed by atoms with van der Waals surface area (Å²) in [5.41, 5.74) is -1.97. The Morgan fingerprint density at radius 2 is 1.56 bits per heavy atom. The summed E-state index contributed by atoms with van der Waals surface area (Å²) < 4.78 is 5.94. The number of hydrogen-bond donors (Lipinski definition) is 2. The van der Waals surface area contributed by atoms with E-state index in [9.17, 15) is 14.4 Å². The van der Waals surface area contributed by atoms with Crippen LogP contribution in [0.15, 0.2) is 52.5 Å². The number of carbonyl (C=O) groups excluding carboxylic acids is 3. The third kappa shape index (κ3) is 8.55. The number of rotatable bonds is 13. The molecule has 3 rings (SSSR count). The van der Waals surface area contributed by atoms with Crippen LogP contribution in [0.25, 0.3) is 0 Å². The summed E-state index contributed by atoms with van der Waals surface area (Å²) in [6.07, 6.45) is 1.64. The van der Waals surface area contributed by atoms with Crippen molar-refractivity contribution in [2.24, 2.45) is 0 Å². The fraction of sp³-hybridized carbons (Fsp3) is 0.423. The van der Waals surface area contributed by atoms with E-state index < -0.39 is 17.4 Å². The van der Waals surface area contributed by atoms with Gasteiger partial charge in [-0.1, -0.05) is 18.2 Å². The molecule has 7 nitrogen and oxygen atoms in total. The maximum absolute atomic E-state index is 12.9. The van der Waals surface area contributed by atoms with Crippen molar-refractivity contribution in [1.29, 1.82) is 0 Å². The first-order valence-corrected chi connectivity index (χ1v) is 14.4. The second kappa shape index (κ2) is 13.1. The van der Waals surface area contributed by atoms with Gasteiger partial charge in [0, 0.05) is 41.3 Å². The molecule has 3 heterocycles. The van der Waals surface area contributed by atoms with Crippen LogP contribution < -0.4 is 10.6 Å². The minimum atomic E-state index is -1.46. The molecule has 0 radical (unpaired) electrons. The number of hydrogen-bond acceptors (Lipinski definition) is 8. The molecule has 3 aromatic heterocycles. The first-order valence-electron chi connectivity index (χ1n) is 11.8. The van der Waals surface area contributed by atoms with E-state index in [1.165, 1.54) is 11.3 Å². The lowest BCUT2D eigenvalue weighted by Crippen LogP contribution is -2.55. The van der Waals surface area contributed by atoms with Crippen molar-refractivity contribution in [3.05, 3.63) is 67.2 Å². The normalized spacial score (nSPS) is 13.2. The summed E-state index contributed by atoms with van der Waals surface area (Å²) in [5, 5.41) is 11.6. The zero-order valence-corrected chi connectivity index (χ0v) is 23.3. The molecule has 1 atom stereocenters. The van der Waals surface area contributed by atoms with Gasteiger partial charge in [-0.3, -0.25) is 9.59 Å². The topological polar surface area (TPSA) is 87.7 Å². The predicted molar refractivity (Wildman–Crippen MR) is 147 cm³/mol. The standard InChI is InChI=1S/C26H33N3O4S3/c1-25(2,3)28-24(32)33-26(19-30,12-4-5-13-27-23(31)22-11-8-16-36-22)29(17-20-9-6-14-34-20)18-21-10-7-15-35-21/h6-11,14-16,19H,4-5,12-13,17-18H2,1-3H3,(H,27,31)(H,28,32)/t26-/m0/s1. The molecule has 10 heteroatoms. The number of thiophene rings is 3. The Morgan fingerprint density at radius 3 is 2.06 bits per heavy atom. The number of nitrogens with zero attached hydrogens (tertiary/aromatic N) is 1. The molecular formula is C26H33N3O4S3. The highest BCUT2D eigenvalue weighted by Gasteiger charge is 2.41. The fourth-order valence-electron chi connectivity index (χ4n) is 3.63. The quantitative estimate of drug-likeness (QED) is 0.158. The third-order valence-electron chi connectivity index (χ3n) is 5.31. The minimum Gasteiger partial charge on any atom is -0.420 e. The maximum atomic E-state index is 12.9. The van der Waals surface area contributed by atoms with Crippen LogP contribution in [0.2, 0.25) is 0 Å². The molecule has 0 aliphatic heterocycles. The summed E-state index contributed by atoms with van der Waals surface area (Å²) in [5.74, 6) is -0.107. The molecular weight excluding hydrogens is 515 g/mol. The maximum Gasteiger partial charge on any atom is 0.409 e. The van der Waals surface area contributed by atoms with Crippen molar-refractivity contribution in [2.75, 3.05) is 6.54 Å². The van der Waals surface area contributed by atoms with Crippen LogP contribution in [0, 0.1) is 0 Å². The van der Waals surface area contributed by atoms with E-state index in [4.69, 9.17) is 4.74 Å². The summed E-state index contributed by atoms with van der Waals surface area (Å²) in [6, 6.07) is 11.6. The SMILES string of the molecule is CC(C)(C)NC(=O)O[C@](C=O)(CCCCNC(=O)c1cccs1)N(Cc1cccs1)Cc1cccs1. The van der Waals surface area contributed by atoms with E-state index in [-0.39, 0.29) is 5.91 Å². The summed E-state index contributed by atoms with van der Waals surface area (Å²) in [7, 11) is 0. The van der Waals surface area contributed by atoms with E-state index >= 15 is 0 Å². The molecule has 194 valence electrons. The van der Waals surface area contributed by atoms with Gasteiger partial charge in [-0.15, -0.1) is 34.0 Å². The van der Waals surface area contributed by atoms with Crippen molar-refractivity contribution >= 4 is 52.3 Å². The van der Waals surface area contributed by atoms with Gasteiger partial charge in [0.1, 0.15) is 0 Å². The Balaban J connectivity index is 1.76. The van der Waals surface area contributed by atoms with E-state index in [1.54, 1.807) is 28.7 Å². The number of amides is 2. The third-order valence-corrected chi connectivity index (χ3v) is 7.90. The van der Waals surface area contributed by atoms with Crippen LogP contribution in [-0.4, -0.2) is 41.0 Å². The van der Waals surface area contributed by atoms with Gasteiger partial charge < -0.3 is 15.4 Å². The van der Waals surface area contributed by atoms with Gasteiger partial charge in [0.15, 0.2) is 6.29 Å². The molecule has 0 aromatic carbocycles. The number of aldehydes is 1. The minimum absolute atomic E-state index is 0.107. The van der Waals surface area contributed by atoms with Crippen LogP contribution >= 0.6 is 34.0 Å². The van der Waals surface area contributed by atoms with Gasteiger partial charge in [0.05, 0.1) is 4.88 Å². The predicted octanol–water partition coefficient (Wildman–Crippen LogP) is 5.89. The van der Waals surface area contributed by atoms with Crippen molar-refractivity contribution < 1.29 is 19.1 Å². The van der Waals surface area contributed by atoms with E-state index in [0.29, 0.717) is 43.8 Å². The van der Waals surface area contributed by atoms with Crippen LogP contribution in [0.5, 0.6) is 0 Å². The Bertz CT molecular complexity index is 1040. The lowest BCUT2D eigenvalue weighted by Gasteiger charge is -2.39. The lowest BCUT2D eigenvalue weighted by molar-refractivity contribution is -0.154. The number of alkyl carbamates (subject to hydrolysis) is 1. The van der Waals surface area contributed by atoms with Crippen molar-refractivity contribution in [2.45, 2.75) is 64.4 Å². The lowest BCUT2D eigenvalue weighted by atomic mass is 10.0.